The van der Waals surface area contributed by atoms with E-state index in [1.54, 1.807) is 0 Å². The zero-order valence-electron chi connectivity index (χ0n) is 12.6. The molecule has 0 saturated carbocycles. The SMILES string of the molecule is Nc1ccsc1C(=O)N1CCCC[C@H]1CCN1CCCC1. The molecule has 2 aliphatic heterocycles. The number of piperidine rings is 1. The van der Waals surface area contributed by atoms with Crippen LogP contribution < -0.4 is 5.73 Å². The zero-order chi connectivity index (χ0) is 14.7. The normalized spacial score (nSPS) is 23.6. The lowest BCUT2D eigenvalue weighted by Gasteiger charge is -2.36. The second kappa shape index (κ2) is 6.79. The van der Waals surface area contributed by atoms with Gasteiger partial charge in [0.15, 0.2) is 0 Å². The zero-order valence-corrected chi connectivity index (χ0v) is 13.4. The molecule has 1 amide bonds. The summed E-state index contributed by atoms with van der Waals surface area (Å²) < 4.78 is 0. The number of thiophene rings is 1. The van der Waals surface area contributed by atoms with E-state index in [1.165, 1.54) is 43.7 Å². The quantitative estimate of drug-likeness (QED) is 0.930. The van der Waals surface area contributed by atoms with Crippen LogP contribution >= 0.6 is 11.3 Å². The van der Waals surface area contributed by atoms with Gasteiger partial charge in [0.2, 0.25) is 0 Å². The predicted molar refractivity (Wildman–Crippen MR) is 87.7 cm³/mol. The molecule has 3 heterocycles. The third kappa shape index (κ3) is 3.40. The fraction of sp³-hybridized carbons (Fsp3) is 0.688. The van der Waals surface area contributed by atoms with E-state index in [0.29, 0.717) is 11.7 Å². The molecule has 0 aliphatic carbocycles. The van der Waals surface area contributed by atoms with E-state index in [0.717, 1.165) is 37.2 Å². The molecule has 2 N–H and O–H groups in total. The summed E-state index contributed by atoms with van der Waals surface area (Å²) >= 11 is 1.47. The molecule has 2 fully saturated rings. The topological polar surface area (TPSA) is 49.6 Å². The number of hydrogen-bond donors (Lipinski definition) is 1. The van der Waals surface area contributed by atoms with Gasteiger partial charge in [-0.3, -0.25) is 4.79 Å². The lowest BCUT2D eigenvalue weighted by Crippen LogP contribution is -2.45. The van der Waals surface area contributed by atoms with Gasteiger partial charge in [0, 0.05) is 19.1 Å². The number of carbonyl (C=O) groups excluding carboxylic acids is 1. The second-order valence-corrected chi connectivity index (χ2v) is 7.11. The molecule has 2 aliphatic rings. The average molecular weight is 307 g/mol. The first-order valence-corrected chi connectivity index (χ1v) is 9.00. The van der Waals surface area contributed by atoms with Crippen molar-refractivity contribution in [2.75, 3.05) is 31.9 Å². The number of amides is 1. The molecule has 0 bridgehead atoms. The largest absolute Gasteiger partial charge is 0.397 e. The van der Waals surface area contributed by atoms with Crippen molar-refractivity contribution < 1.29 is 4.79 Å². The first kappa shape index (κ1) is 14.9. The second-order valence-electron chi connectivity index (χ2n) is 6.19. The van der Waals surface area contributed by atoms with Gasteiger partial charge in [-0.05, 0) is 63.1 Å². The van der Waals surface area contributed by atoms with Crippen LogP contribution in [-0.4, -0.2) is 47.9 Å². The molecule has 5 heteroatoms. The minimum Gasteiger partial charge on any atom is -0.397 e. The molecule has 116 valence electrons. The van der Waals surface area contributed by atoms with Crippen molar-refractivity contribution in [3.8, 4) is 0 Å². The summed E-state index contributed by atoms with van der Waals surface area (Å²) in [5, 5.41) is 1.91. The third-order valence-electron chi connectivity index (χ3n) is 4.76. The lowest BCUT2D eigenvalue weighted by molar-refractivity contribution is 0.0594. The Hall–Kier alpha value is -1.07. The Morgan fingerprint density at radius 3 is 2.71 bits per heavy atom. The number of anilines is 1. The molecule has 4 nitrogen and oxygen atoms in total. The first-order valence-electron chi connectivity index (χ1n) is 8.12. The molecule has 1 aromatic heterocycles. The minimum atomic E-state index is 0.147. The lowest BCUT2D eigenvalue weighted by atomic mass is 9.98. The molecule has 21 heavy (non-hydrogen) atoms. The number of nitrogens with zero attached hydrogens (tertiary/aromatic N) is 2. The Balaban J connectivity index is 1.63. The van der Waals surface area contributed by atoms with Crippen molar-refractivity contribution in [2.24, 2.45) is 0 Å². The van der Waals surface area contributed by atoms with E-state index < -0.39 is 0 Å². The van der Waals surface area contributed by atoms with Gasteiger partial charge in [-0.2, -0.15) is 0 Å². The van der Waals surface area contributed by atoms with Crippen molar-refractivity contribution in [1.82, 2.24) is 9.80 Å². The highest BCUT2D eigenvalue weighted by atomic mass is 32.1. The number of hydrogen-bond acceptors (Lipinski definition) is 4. The highest BCUT2D eigenvalue weighted by Gasteiger charge is 2.29. The number of rotatable bonds is 4. The van der Waals surface area contributed by atoms with Crippen LogP contribution in [0, 0.1) is 0 Å². The average Bonchev–Trinajstić information content (AvgIpc) is 3.16. The Kier molecular flexibility index (Phi) is 4.80. The molecule has 0 spiro atoms. The van der Waals surface area contributed by atoms with Crippen LogP contribution in [0.1, 0.15) is 48.2 Å². The van der Waals surface area contributed by atoms with Gasteiger partial charge in [-0.1, -0.05) is 0 Å². The highest BCUT2D eigenvalue weighted by molar-refractivity contribution is 7.12. The molecule has 0 unspecified atom stereocenters. The van der Waals surface area contributed by atoms with Gasteiger partial charge in [0.1, 0.15) is 4.88 Å². The van der Waals surface area contributed by atoms with E-state index in [2.05, 4.69) is 9.80 Å². The Morgan fingerprint density at radius 1 is 1.24 bits per heavy atom. The van der Waals surface area contributed by atoms with Crippen LogP contribution in [0.2, 0.25) is 0 Å². The van der Waals surface area contributed by atoms with Gasteiger partial charge in [0.25, 0.3) is 5.91 Å². The molecular formula is C16H25N3OS. The van der Waals surface area contributed by atoms with E-state index in [4.69, 9.17) is 5.73 Å². The van der Waals surface area contributed by atoms with Gasteiger partial charge in [-0.15, -0.1) is 11.3 Å². The molecule has 3 rings (SSSR count). The number of nitrogens with two attached hydrogens (primary N) is 1. The van der Waals surface area contributed by atoms with Crippen LogP contribution in [0.3, 0.4) is 0 Å². The molecule has 1 atom stereocenters. The Morgan fingerprint density at radius 2 is 2.00 bits per heavy atom. The summed E-state index contributed by atoms with van der Waals surface area (Å²) in [4.78, 5) is 18.1. The van der Waals surface area contributed by atoms with E-state index in [-0.39, 0.29) is 5.91 Å². The van der Waals surface area contributed by atoms with Crippen LogP contribution in [0.25, 0.3) is 0 Å². The number of likely N-dealkylation sites (tertiary alicyclic amines) is 2. The summed E-state index contributed by atoms with van der Waals surface area (Å²) in [5.74, 6) is 0.147. The first-order chi connectivity index (χ1) is 10.3. The fourth-order valence-electron chi connectivity index (χ4n) is 3.53. The molecule has 2 saturated heterocycles. The maximum Gasteiger partial charge on any atom is 0.266 e. The van der Waals surface area contributed by atoms with Gasteiger partial charge in [-0.25, -0.2) is 0 Å². The molecule has 1 aromatic rings. The van der Waals surface area contributed by atoms with E-state index >= 15 is 0 Å². The molecule has 0 aromatic carbocycles. The van der Waals surface area contributed by atoms with Crippen molar-refractivity contribution in [1.29, 1.82) is 0 Å². The number of nitrogen functional groups attached to an aromatic ring is 1. The Bertz CT molecular complexity index is 482. The van der Waals surface area contributed by atoms with Crippen molar-refractivity contribution in [3.63, 3.8) is 0 Å². The third-order valence-corrected chi connectivity index (χ3v) is 5.67. The minimum absolute atomic E-state index is 0.147. The predicted octanol–water partition coefficient (Wildman–Crippen LogP) is 2.81. The highest BCUT2D eigenvalue weighted by Crippen LogP contribution is 2.27. The fourth-order valence-corrected chi connectivity index (χ4v) is 4.30. The molecule has 0 radical (unpaired) electrons. The summed E-state index contributed by atoms with van der Waals surface area (Å²) in [7, 11) is 0. The van der Waals surface area contributed by atoms with E-state index in [1.807, 2.05) is 11.4 Å². The van der Waals surface area contributed by atoms with Crippen molar-refractivity contribution in [2.45, 2.75) is 44.6 Å². The van der Waals surface area contributed by atoms with Crippen LogP contribution in [-0.2, 0) is 0 Å². The monoisotopic (exact) mass is 307 g/mol. The summed E-state index contributed by atoms with van der Waals surface area (Å²) in [6.07, 6.45) is 7.28. The summed E-state index contributed by atoms with van der Waals surface area (Å²) in [6, 6.07) is 2.23. The van der Waals surface area contributed by atoms with Gasteiger partial charge in [0.05, 0.1) is 5.69 Å². The maximum atomic E-state index is 12.7. The number of carbonyl (C=O) groups is 1. The van der Waals surface area contributed by atoms with Crippen LogP contribution in [0.4, 0.5) is 5.69 Å². The summed E-state index contributed by atoms with van der Waals surface area (Å²) in [6.45, 7) is 4.49. The van der Waals surface area contributed by atoms with E-state index in [9.17, 15) is 4.79 Å². The van der Waals surface area contributed by atoms with Gasteiger partial charge < -0.3 is 15.5 Å². The van der Waals surface area contributed by atoms with Crippen LogP contribution in [0.15, 0.2) is 11.4 Å². The van der Waals surface area contributed by atoms with Crippen molar-refractivity contribution >= 4 is 22.9 Å². The maximum absolute atomic E-state index is 12.7. The Labute approximate surface area is 130 Å². The molecular weight excluding hydrogens is 282 g/mol. The van der Waals surface area contributed by atoms with Crippen LogP contribution in [0.5, 0.6) is 0 Å². The standard InChI is InChI=1S/C16H25N3OS/c17-14-7-12-21-15(14)16(20)19-10-2-1-5-13(19)6-11-18-8-3-4-9-18/h7,12-13H,1-6,8-11,17H2/t13-/m0/s1. The van der Waals surface area contributed by atoms with Gasteiger partial charge >= 0.3 is 0 Å². The van der Waals surface area contributed by atoms with Crippen molar-refractivity contribution in [3.05, 3.63) is 16.3 Å². The summed E-state index contributed by atoms with van der Waals surface area (Å²) in [5.41, 5.74) is 6.55. The smallest absolute Gasteiger partial charge is 0.266 e.